The Morgan fingerprint density at radius 1 is 0.977 bits per heavy atom. The zero-order valence-corrected chi connectivity index (χ0v) is 24.2. The Labute approximate surface area is 249 Å². The van der Waals surface area contributed by atoms with E-state index >= 15 is 0 Å². The van der Waals surface area contributed by atoms with E-state index in [4.69, 9.17) is 19.7 Å². The van der Waals surface area contributed by atoms with E-state index in [1.54, 1.807) is 24.3 Å². The van der Waals surface area contributed by atoms with Crippen LogP contribution in [0.3, 0.4) is 0 Å². The topological polar surface area (TPSA) is 161 Å². The lowest BCUT2D eigenvalue weighted by atomic mass is 9.89. The minimum Gasteiger partial charge on any atom is -0.502 e. The van der Waals surface area contributed by atoms with Gasteiger partial charge in [0.25, 0.3) is 0 Å². The van der Waals surface area contributed by atoms with Gasteiger partial charge < -0.3 is 40.0 Å². The fourth-order valence-electron chi connectivity index (χ4n) is 4.76. The summed E-state index contributed by atoms with van der Waals surface area (Å²) < 4.78 is 10.3. The third-order valence-electron chi connectivity index (χ3n) is 6.89. The fourth-order valence-corrected chi connectivity index (χ4v) is 4.76. The van der Waals surface area contributed by atoms with Gasteiger partial charge in [0.2, 0.25) is 11.7 Å². The average molecular weight is 592 g/mol. The molecule has 11 heteroatoms. The number of carboxylic acid groups (broad SMARTS) is 2. The number of phenolic OH excluding ortho intramolecular Hbond substituents is 1. The lowest BCUT2D eigenvalue weighted by Gasteiger charge is -2.31. The maximum Gasteiger partial charge on any atom is 0.328 e. The summed E-state index contributed by atoms with van der Waals surface area (Å²) in [6, 6.07) is 11.9. The van der Waals surface area contributed by atoms with Crippen molar-refractivity contribution >= 4 is 34.8 Å². The molecule has 11 nitrogen and oxygen atoms in total. The van der Waals surface area contributed by atoms with Gasteiger partial charge in [-0.3, -0.25) is 4.79 Å². The van der Waals surface area contributed by atoms with Gasteiger partial charge in [-0.25, -0.2) is 9.59 Å². The van der Waals surface area contributed by atoms with Crippen molar-refractivity contribution in [3.05, 3.63) is 84.1 Å². The Morgan fingerprint density at radius 2 is 1.60 bits per heavy atom. The predicted octanol–water partition coefficient (Wildman–Crippen LogP) is 4.17. The van der Waals surface area contributed by atoms with E-state index in [9.17, 15) is 19.5 Å². The number of allylic oxidation sites excluding steroid dienone is 2. The van der Waals surface area contributed by atoms with Crippen LogP contribution >= 0.6 is 0 Å². The molecule has 1 saturated heterocycles. The highest BCUT2D eigenvalue weighted by Crippen LogP contribution is 2.37. The number of amides is 1. The summed E-state index contributed by atoms with van der Waals surface area (Å²) in [4.78, 5) is 37.1. The van der Waals surface area contributed by atoms with Crippen molar-refractivity contribution < 1.29 is 39.2 Å². The monoisotopic (exact) mass is 591 g/mol. The third kappa shape index (κ3) is 10.1. The van der Waals surface area contributed by atoms with Crippen LogP contribution in [-0.2, 0) is 14.4 Å². The number of nitrogens with one attached hydrogen (secondary N) is 2. The highest BCUT2D eigenvalue weighted by Gasteiger charge is 2.22. The molecule has 1 aliphatic rings. The maximum absolute atomic E-state index is 12.1. The van der Waals surface area contributed by atoms with Gasteiger partial charge in [-0.15, -0.1) is 0 Å². The highest BCUT2D eigenvalue weighted by atomic mass is 16.5. The van der Waals surface area contributed by atoms with E-state index in [1.165, 1.54) is 36.8 Å². The molecule has 2 aromatic carbocycles. The second-order valence-electron chi connectivity index (χ2n) is 9.70. The molecular formula is C32H37N3O8. The number of hydrogen-bond acceptors (Lipinski definition) is 7. The molecule has 0 bridgehead atoms. The minimum absolute atomic E-state index is 0.0377. The number of para-hydroxylation sites is 1. The maximum atomic E-state index is 12.1. The first kappa shape index (κ1) is 32.5. The third-order valence-corrected chi connectivity index (χ3v) is 6.89. The summed E-state index contributed by atoms with van der Waals surface area (Å²) in [5.41, 5.74) is 3.42. The number of benzene rings is 2. The van der Waals surface area contributed by atoms with E-state index in [2.05, 4.69) is 45.7 Å². The number of phenols is 1. The summed E-state index contributed by atoms with van der Waals surface area (Å²) in [7, 11) is 2.97. The molecule has 228 valence electrons. The molecule has 1 amide bonds. The number of carbonyl (C=O) groups excluding carboxylic acids is 1. The Bertz CT molecular complexity index is 1440. The van der Waals surface area contributed by atoms with Crippen molar-refractivity contribution in [1.29, 1.82) is 0 Å². The molecule has 0 unspecified atom stereocenters. The number of aliphatic carboxylic acids is 2. The van der Waals surface area contributed by atoms with Crippen molar-refractivity contribution in [2.45, 2.75) is 18.8 Å². The van der Waals surface area contributed by atoms with Crippen LogP contribution in [0.15, 0.2) is 73.0 Å². The van der Waals surface area contributed by atoms with Gasteiger partial charge in [-0.05, 0) is 61.2 Å². The lowest BCUT2D eigenvalue weighted by Crippen LogP contribution is -2.38. The number of methoxy groups -OCH3 is 2. The van der Waals surface area contributed by atoms with Crippen LogP contribution in [0.2, 0.25) is 0 Å². The number of aromatic hydroxyl groups is 1. The number of hydrogen-bond donors (Lipinski definition) is 5. The number of likely N-dealkylation sites (tertiary alicyclic amines) is 1. The van der Waals surface area contributed by atoms with Gasteiger partial charge in [-0.1, -0.05) is 36.4 Å². The van der Waals surface area contributed by atoms with Gasteiger partial charge >= 0.3 is 11.9 Å². The van der Waals surface area contributed by atoms with Crippen LogP contribution in [-0.4, -0.2) is 83.4 Å². The molecule has 3 aromatic rings. The molecule has 0 spiro atoms. The van der Waals surface area contributed by atoms with Crippen LogP contribution in [0, 0.1) is 0 Å². The second kappa shape index (κ2) is 16.4. The molecule has 2 heterocycles. The average Bonchev–Trinajstić information content (AvgIpc) is 3.44. The fraction of sp³-hybridized carbons (Fsp3) is 0.281. The molecule has 5 N–H and O–H groups in total. The Hall–Kier alpha value is -5.03. The number of ether oxygens (including phenoxy) is 2. The van der Waals surface area contributed by atoms with Crippen LogP contribution < -0.4 is 14.8 Å². The molecule has 0 aliphatic carbocycles. The van der Waals surface area contributed by atoms with Crippen molar-refractivity contribution in [3.8, 4) is 17.2 Å². The minimum atomic E-state index is -1.26. The van der Waals surface area contributed by atoms with Crippen molar-refractivity contribution in [2.75, 3.05) is 40.4 Å². The molecule has 0 radical (unpaired) electrons. The van der Waals surface area contributed by atoms with Gasteiger partial charge in [0, 0.05) is 48.4 Å². The normalized spacial score (nSPS) is 14.2. The number of carboxylic acids is 2. The Balaban J connectivity index is 0.000000557. The molecule has 1 aliphatic heterocycles. The van der Waals surface area contributed by atoms with E-state index < -0.39 is 11.9 Å². The number of aromatic nitrogens is 1. The van der Waals surface area contributed by atoms with Crippen molar-refractivity contribution in [2.24, 2.45) is 0 Å². The quantitative estimate of drug-likeness (QED) is 0.163. The Kier molecular flexibility index (Phi) is 12.4. The molecule has 4 rings (SSSR count). The van der Waals surface area contributed by atoms with Gasteiger partial charge in [0.1, 0.15) is 0 Å². The first-order valence-corrected chi connectivity index (χ1v) is 13.7. The van der Waals surface area contributed by atoms with Crippen molar-refractivity contribution in [1.82, 2.24) is 15.2 Å². The van der Waals surface area contributed by atoms with Crippen molar-refractivity contribution in [3.63, 3.8) is 0 Å². The first-order chi connectivity index (χ1) is 20.7. The molecule has 43 heavy (non-hydrogen) atoms. The van der Waals surface area contributed by atoms with E-state index in [1.807, 2.05) is 6.08 Å². The largest absolute Gasteiger partial charge is 0.502 e. The number of H-pyrrole nitrogens is 1. The summed E-state index contributed by atoms with van der Waals surface area (Å²) >= 11 is 0. The standard InChI is InChI=1S/C28H33N3O4.C4H4O4/c1-34-25-17-20(18-26(35-2)28(25)33)7-3-6-10-27(32)29-13-16-31-14-11-21(12-15-31)23-19-30-24-9-5-4-8-22(23)24;5-3(6)1-2-4(7)8/h3-10,17-19,21,30,33H,11-16H2,1-2H3,(H,29,32);1-2H,(H,5,6)(H,7,8)/b7-3+,10-6+;2-1+. The van der Waals surface area contributed by atoms with E-state index in [0.29, 0.717) is 36.1 Å². The van der Waals surface area contributed by atoms with Gasteiger partial charge in [0.15, 0.2) is 11.5 Å². The highest BCUT2D eigenvalue weighted by molar-refractivity contribution is 5.89. The molecule has 1 aromatic heterocycles. The number of nitrogens with zero attached hydrogens (tertiary/aromatic N) is 1. The van der Waals surface area contributed by atoms with Gasteiger partial charge in [-0.2, -0.15) is 0 Å². The second-order valence-corrected chi connectivity index (χ2v) is 9.70. The van der Waals surface area contributed by atoms with E-state index in [-0.39, 0.29) is 11.7 Å². The summed E-state index contributed by atoms with van der Waals surface area (Å²) in [5, 5.41) is 29.9. The van der Waals surface area contributed by atoms with Crippen LogP contribution in [0.1, 0.15) is 29.9 Å². The summed E-state index contributed by atoms with van der Waals surface area (Å²) in [5.74, 6) is -1.43. The number of piperidine rings is 1. The number of carbonyl (C=O) groups is 3. The molecule has 0 saturated carbocycles. The molecule has 1 fully saturated rings. The van der Waals surface area contributed by atoms with Crippen LogP contribution in [0.5, 0.6) is 17.2 Å². The lowest BCUT2D eigenvalue weighted by molar-refractivity contribution is -0.134. The zero-order chi connectivity index (χ0) is 31.2. The first-order valence-electron chi connectivity index (χ1n) is 13.7. The van der Waals surface area contributed by atoms with Crippen LogP contribution in [0.4, 0.5) is 0 Å². The number of aromatic amines is 1. The molecular weight excluding hydrogens is 554 g/mol. The Morgan fingerprint density at radius 3 is 2.21 bits per heavy atom. The van der Waals surface area contributed by atoms with Gasteiger partial charge in [0.05, 0.1) is 14.2 Å². The molecule has 0 atom stereocenters. The zero-order valence-electron chi connectivity index (χ0n) is 24.2. The summed E-state index contributed by atoms with van der Waals surface area (Å²) in [6.45, 7) is 3.55. The van der Waals surface area contributed by atoms with E-state index in [0.717, 1.165) is 38.0 Å². The summed E-state index contributed by atoms with van der Waals surface area (Å²) in [6.07, 6.45) is 12.3. The number of rotatable bonds is 11. The van der Waals surface area contributed by atoms with Crippen LogP contribution in [0.25, 0.3) is 17.0 Å². The smallest absolute Gasteiger partial charge is 0.328 e. The predicted molar refractivity (Wildman–Crippen MR) is 164 cm³/mol. The number of fused-ring (bicyclic) bond motifs is 1. The SMILES string of the molecule is COc1cc(/C=C/C=C/C(=O)NCCN2CCC(c3c[nH]c4ccccc34)CC2)cc(OC)c1O.O=C(O)/C=C/C(=O)O.